The highest BCUT2D eigenvalue weighted by atomic mass is 35.5. The lowest BCUT2D eigenvalue weighted by Crippen LogP contribution is -2.43. The lowest BCUT2D eigenvalue weighted by Gasteiger charge is -2.22. The fourth-order valence-corrected chi connectivity index (χ4v) is 2.33. The summed E-state index contributed by atoms with van der Waals surface area (Å²) < 4.78 is 0. The van der Waals surface area contributed by atoms with E-state index in [0.29, 0.717) is 0 Å². The van der Waals surface area contributed by atoms with Gasteiger partial charge in [-0.05, 0) is 17.5 Å². The summed E-state index contributed by atoms with van der Waals surface area (Å²) in [5.74, 6) is -0.764. The van der Waals surface area contributed by atoms with Gasteiger partial charge in [-0.25, -0.2) is 0 Å². The van der Waals surface area contributed by atoms with Crippen LogP contribution in [0.4, 0.5) is 0 Å². The molecule has 0 heterocycles. The number of amides is 2. The van der Waals surface area contributed by atoms with Gasteiger partial charge in [0, 0.05) is 6.42 Å². The summed E-state index contributed by atoms with van der Waals surface area (Å²) in [4.78, 5) is 23.2. The number of hydrogen-bond acceptors (Lipinski definition) is 3. The Hall–Kier alpha value is -2.37. The monoisotopic (exact) mass is 347 g/mol. The highest BCUT2D eigenvalue weighted by Crippen LogP contribution is 2.21. The molecule has 0 radical (unpaired) electrons. The van der Waals surface area contributed by atoms with Crippen LogP contribution >= 0.6 is 12.4 Å². The number of nitrogens with one attached hydrogen (secondary N) is 1. The summed E-state index contributed by atoms with van der Waals surface area (Å²) in [5, 5.41) is 2.96. The normalized spacial score (nSPS) is 11.4. The predicted octanol–water partition coefficient (Wildman–Crippen LogP) is 1.91. The molecule has 0 saturated heterocycles. The number of benzene rings is 2. The quantitative estimate of drug-likeness (QED) is 0.713. The summed E-state index contributed by atoms with van der Waals surface area (Å²) in [6.45, 7) is 0. The SMILES string of the molecule is Cl.NC(=O)CC[C@@H](N)C(=O)NC(c1ccccc1)c1ccccc1. The number of rotatable bonds is 7. The average Bonchev–Trinajstić information content (AvgIpc) is 2.58. The molecule has 2 aromatic carbocycles. The van der Waals surface area contributed by atoms with E-state index in [-0.39, 0.29) is 37.2 Å². The van der Waals surface area contributed by atoms with Gasteiger partial charge in [0.15, 0.2) is 0 Å². The molecule has 0 fully saturated rings. The van der Waals surface area contributed by atoms with Gasteiger partial charge in [-0.3, -0.25) is 9.59 Å². The number of nitrogens with two attached hydrogens (primary N) is 2. The molecule has 0 aromatic heterocycles. The van der Waals surface area contributed by atoms with Crippen molar-refractivity contribution in [3.8, 4) is 0 Å². The van der Waals surface area contributed by atoms with Crippen LogP contribution in [0.25, 0.3) is 0 Å². The van der Waals surface area contributed by atoms with Crippen molar-refractivity contribution in [2.75, 3.05) is 0 Å². The van der Waals surface area contributed by atoms with Crippen molar-refractivity contribution in [1.82, 2.24) is 5.32 Å². The first-order valence-electron chi connectivity index (χ1n) is 7.52. The van der Waals surface area contributed by atoms with Gasteiger partial charge in [0.2, 0.25) is 11.8 Å². The Morgan fingerprint density at radius 3 is 1.79 bits per heavy atom. The number of hydrogen-bond donors (Lipinski definition) is 3. The third-order valence-corrected chi connectivity index (χ3v) is 3.59. The van der Waals surface area contributed by atoms with Crippen LogP contribution in [0.5, 0.6) is 0 Å². The lowest BCUT2D eigenvalue weighted by molar-refractivity contribution is -0.123. The van der Waals surface area contributed by atoms with Crippen LogP contribution < -0.4 is 16.8 Å². The first kappa shape index (κ1) is 19.7. The van der Waals surface area contributed by atoms with E-state index in [1.807, 2.05) is 60.7 Å². The van der Waals surface area contributed by atoms with E-state index in [9.17, 15) is 9.59 Å². The van der Waals surface area contributed by atoms with Gasteiger partial charge in [0.25, 0.3) is 0 Å². The summed E-state index contributed by atoms with van der Waals surface area (Å²) in [6.07, 6.45) is 0.327. The van der Waals surface area contributed by atoms with Crippen molar-refractivity contribution in [3.05, 3.63) is 71.8 Å². The molecule has 128 valence electrons. The molecular weight excluding hydrogens is 326 g/mol. The van der Waals surface area contributed by atoms with E-state index in [4.69, 9.17) is 11.5 Å². The molecule has 24 heavy (non-hydrogen) atoms. The minimum atomic E-state index is -0.766. The Kier molecular flexibility index (Phi) is 7.95. The maximum atomic E-state index is 12.3. The maximum Gasteiger partial charge on any atom is 0.237 e. The van der Waals surface area contributed by atoms with Crippen molar-refractivity contribution in [1.29, 1.82) is 0 Å². The minimum absolute atomic E-state index is 0. The molecule has 0 bridgehead atoms. The largest absolute Gasteiger partial charge is 0.370 e. The number of carbonyl (C=O) groups is 2. The lowest BCUT2D eigenvalue weighted by atomic mass is 9.98. The zero-order chi connectivity index (χ0) is 16.7. The van der Waals surface area contributed by atoms with Crippen molar-refractivity contribution in [2.45, 2.75) is 24.9 Å². The average molecular weight is 348 g/mol. The molecule has 5 N–H and O–H groups in total. The second-order valence-electron chi connectivity index (χ2n) is 5.37. The van der Waals surface area contributed by atoms with Crippen molar-refractivity contribution >= 4 is 24.2 Å². The fourth-order valence-electron chi connectivity index (χ4n) is 2.33. The molecule has 0 spiro atoms. The molecule has 2 amide bonds. The Balaban J connectivity index is 0.00000288. The molecule has 0 aliphatic carbocycles. The molecular formula is C18H22ClN3O2. The highest BCUT2D eigenvalue weighted by molar-refractivity contribution is 5.85. The molecule has 0 aliphatic heterocycles. The molecule has 0 unspecified atom stereocenters. The highest BCUT2D eigenvalue weighted by Gasteiger charge is 2.20. The first-order valence-corrected chi connectivity index (χ1v) is 7.52. The van der Waals surface area contributed by atoms with E-state index in [1.165, 1.54) is 0 Å². The standard InChI is InChI=1S/C18H21N3O2.ClH/c19-15(11-12-16(20)22)18(23)21-17(13-7-3-1-4-8-13)14-9-5-2-6-10-14;/h1-10,15,17H,11-12,19H2,(H2,20,22)(H,21,23);1H/t15-;/m1./s1. The van der Waals surface area contributed by atoms with Gasteiger partial charge in [-0.15, -0.1) is 12.4 Å². The predicted molar refractivity (Wildman–Crippen MR) is 96.5 cm³/mol. The van der Waals surface area contributed by atoms with E-state index in [2.05, 4.69) is 5.32 Å². The topological polar surface area (TPSA) is 98.2 Å². The van der Waals surface area contributed by atoms with Crippen LogP contribution in [-0.2, 0) is 9.59 Å². The van der Waals surface area contributed by atoms with Crippen molar-refractivity contribution in [2.24, 2.45) is 11.5 Å². The molecule has 0 saturated carbocycles. The molecule has 0 aliphatic rings. The van der Waals surface area contributed by atoms with Gasteiger partial charge in [0.05, 0.1) is 12.1 Å². The second kappa shape index (κ2) is 9.70. The van der Waals surface area contributed by atoms with Crippen LogP contribution in [0.2, 0.25) is 0 Å². The fraction of sp³-hybridized carbons (Fsp3) is 0.222. The van der Waals surface area contributed by atoms with Gasteiger partial charge >= 0.3 is 0 Å². The summed E-state index contributed by atoms with van der Waals surface area (Å²) in [7, 11) is 0. The Bertz CT molecular complexity index is 610. The second-order valence-corrected chi connectivity index (χ2v) is 5.37. The third-order valence-electron chi connectivity index (χ3n) is 3.59. The van der Waals surface area contributed by atoms with Crippen LogP contribution in [0.1, 0.15) is 30.0 Å². The number of carbonyl (C=O) groups excluding carboxylic acids is 2. The zero-order valence-electron chi connectivity index (χ0n) is 13.2. The Morgan fingerprint density at radius 1 is 0.917 bits per heavy atom. The molecule has 5 nitrogen and oxygen atoms in total. The van der Waals surface area contributed by atoms with E-state index < -0.39 is 11.9 Å². The minimum Gasteiger partial charge on any atom is -0.370 e. The Labute approximate surface area is 147 Å². The first-order chi connectivity index (χ1) is 11.1. The molecule has 1 atom stereocenters. The van der Waals surface area contributed by atoms with Gasteiger partial charge in [-0.1, -0.05) is 60.7 Å². The van der Waals surface area contributed by atoms with E-state index in [0.717, 1.165) is 11.1 Å². The van der Waals surface area contributed by atoms with Gasteiger partial charge < -0.3 is 16.8 Å². The van der Waals surface area contributed by atoms with Crippen molar-refractivity contribution < 1.29 is 9.59 Å². The summed E-state index contributed by atoms with van der Waals surface area (Å²) in [5.41, 5.74) is 12.9. The molecule has 6 heteroatoms. The maximum absolute atomic E-state index is 12.3. The van der Waals surface area contributed by atoms with E-state index in [1.54, 1.807) is 0 Å². The van der Waals surface area contributed by atoms with Gasteiger partial charge in [-0.2, -0.15) is 0 Å². The number of primary amides is 1. The Morgan fingerprint density at radius 2 is 1.38 bits per heavy atom. The summed E-state index contributed by atoms with van der Waals surface area (Å²) in [6, 6.07) is 18.3. The van der Waals surface area contributed by atoms with Crippen molar-refractivity contribution in [3.63, 3.8) is 0 Å². The van der Waals surface area contributed by atoms with Crippen LogP contribution in [-0.4, -0.2) is 17.9 Å². The molecule has 2 rings (SSSR count). The third kappa shape index (κ3) is 5.68. The van der Waals surface area contributed by atoms with Crippen LogP contribution in [0.15, 0.2) is 60.7 Å². The summed E-state index contributed by atoms with van der Waals surface area (Å²) >= 11 is 0. The molecule has 2 aromatic rings. The van der Waals surface area contributed by atoms with E-state index >= 15 is 0 Å². The van der Waals surface area contributed by atoms with Crippen LogP contribution in [0.3, 0.4) is 0 Å². The smallest absolute Gasteiger partial charge is 0.237 e. The van der Waals surface area contributed by atoms with Crippen LogP contribution in [0, 0.1) is 0 Å². The zero-order valence-corrected chi connectivity index (χ0v) is 14.0. The van der Waals surface area contributed by atoms with Gasteiger partial charge in [0.1, 0.15) is 0 Å². The number of halogens is 1.